The van der Waals surface area contributed by atoms with E-state index < -0.39 is 11.9 Å². The number of fused-ring (bicyclic) bond motifs is 1. The lowest BCUT2D eigenvalue weighted by Crippen LogP contribution is -2.47. The van der Waals surface area contributed by atoms with Crippen LogP contribution in [0.15, 0.2) is 47.9 Å². The highest BCUT2D eigenvalue weighted by Crippen LogP contribution is 2.27. The van der Waals surface area contributed by atoms with E-state index in [1.807, 2.05) is 0 Å². The first-order valence-electron chi connectivity index (χ1n) is 7.89. The highest BCUT2D eigenvalue weighted by molar-refractivity contribution is 6.31. The first-order chi connectivity index (χ1) is 11.9. The lowest BCUT2D eigenvalue weighted by atomic mass is 10.1. The minimum absolute atomic E-state index is 0.177. The summed E-state index contributed by atoms with van der Waals surface area (Å²) in [5.41, 5.74) is 1.26. The fourth-order valence-corrected chi connectivity index (χ4v) is 2.75. The van der Waals surface area contributed by atoms with Crippen LogP contribution in [0.3, 0.4) is 0 Å². The van der Waals surface area contributed by atoms with Gasteiger partial charge in [-0.15, -0.1) is 13.2 Å². The molecule has 0 saturated carbocycles. The summed E-state index contributed by atoms with van der Waals surface area (Å²) in [6, 6.07) is 4.45. The molecule has 2 amide bonds. The van der Waals surface area contributed by atoms with Crippen LogP contribution in [-0.2, 0) is 4.79 Å². The smallest absolute Gasteiger partial charge is 0.287 e. The average molecular weight is 361 g/mol. The molecule has 0 bridgehead atoms. The van der Waals surface area contributed by atoms with Crippen molar-refractivity contribution in [1.82, 2.24) is 10.2 Å². The summed E-state index contributed by atoms with van der Waals surface area (Å²) in [6.07, 6.45) is 3.26. The van der Waals surface area contributed by atoms with Crippen molar-refractivity contribution in [3.05, 3.63) is 59.9 Å². The molecular weight excluding hydrogens is 340 g/mol. The molecule has 0 radical (unpaired) electrons. The molecule has 25 heavy (non-hydrogen) atoms. The van der Waals surface area contributed by atoms with Crippen LogP contribution >= 0.6 is 11.6 Å². The molecule has 2 aromatic rings. The lowest BCUT2D eigenvalue weighted by molar-refractivity contribution is -0.131. The topological polar surface area (TPSA) is 62.6 Å². The van der Waals surface area contributed by atoms with Crippen LogP contribution in [0.1, 0.15) is 23.0 Å². The molecule has 0 aliphatic heterocycles. The quantitative estimate of drug-likeness (QED) is 0.765. The molecule has 1 heterocycles. The van der Waals surface area contributed by atoms with Crippen LogP contribution in [0, 0.1) is 6.92 Å². The van der Waals surface area contributed by atoms with Crippen LogP contribution in [0.2, 0.25) is 5.02 Å². The van der Waals surface area contributed by atoms with Crippen molar-refractivity contribution in [2.75, 3.05) is 13.1 Å². The van der Waals surface area contributed by atoms with Gasteiger partial charge in [0.2, 0.25) is 5.91 Å². The van der Waals surface area contributed by atoms with Crippen molar-refractivity contribution in [1.29, 1.82) is 0 Å². The zero-order chi connectivity index (χ0) is 18.6. The second-order valence-corrected chi connectivity index (χ2v) is 6.15. The monoisotopic (exact) mass is 360 g/mol. The molecule has 0 saturated heterocycles. The summed E-state index contributed by atoms with van der Waals surface area (Å²) < 4.78 is 5.62. The molecule has 6 heteroatoms. The number of hydrogen-bond donors (Lipinski definition) is 1. The number of amides is 2. The molecule has 2 rings (SSSR count). The predicted octanol–water partition coefficient (Wildman–Crippen LogP) is 3.71. The average Bonchev–Trinajstić information content (AvgIpc) is 2.90. The number of hydrogen-bond acceptors (Lipinski definition) is 3. The number of rotatable bonds is 7. The zero-order valence-corrected chi connectivity index (χ0v) is 15.1. The van der Waals surface area contributed by atoms with Gasteiger partial charge in [-0.25, -0.2) is 0 Å². The highest BCUT2D eigenvalue weighted by atomic mass is 35.5. The number of nitrogens with zero attached hydrogens (tertiary/aromatic N) is 1. The Morgan fingerprint density at radius 2 is 1.96 bits per heavy atom. The van der Waals surface area contributed by atoms with Crippen LogP contribution in [0.4, 0.5) is 0 Å². The first-order valence-corrected chi connectivity index (χ1v) is 8.27. The Balaban J connectivity index is 2.18. The summed E-state index contributed by atoms with van der Waals surface area (Å²) in [4.78, 5) is 26.5. The normalized spacial score (nSPS) is 11.8. The number of benzene rings is 1. The SMILES string of the molecule is C=CCN(CC=C)C(=O)C(C)NC(=O)c1oc2ccc(Cl)cc2c1C. The summed E-state index contributed by atoms with van der Waals surface area (Å²) in [5.74, 6) is -0.483. The standard InChI is InChI=1S/C19H21ClN2O3/c1-5-9-22(10-6-2)19(24)13(4)21-18(23)17-12(3)15-11-14(20)7-8-16(15)25-17/h5-8,11,13H,1-2,9-10H2,3-4H3,(H,21,23). The Morgan fingerprint density at radius 3 is 2.56 bits per heavy atom. The van der Waals surface area contributed by atoms with Crippen LogP contribution in [0.25, 0.3) is 11.0 Å². The molecule has 0 aliphatic carbocycles. The lowest BCUT2D eigenvalue weighted by Gasteiger charge is -2.23. The number of furan rings is 1. The van der Waals surface area contributed by atoms with Gasteiger partial charge in [-0.05, 0) is 32.0 Å². The molecule has 1 N–H and O–H groups in total. The van der Waals surface area contributed by atoms with E-state index >= 15 is 0 Å². The Bertz CT molecular complexity index is 815. The fraction of sp³-hybridized carbons (Fsp3) is 0.263. The van der Waals surface area contributed by atoms with E-state index in [0.29, 0.717) is 29.3 Å². The van der Waals surface area contributed by atoms with Gasteiger partial charge in [0.1, 0.15) is 11.6 Å². The largest absolute Gasteiger partial charge is 0.451 e. The third kappa shape index (κ3) is 4.12. The van der Waals surface area contributed by atoms with Gasteiger partial charge in [0.05, 0.1) is 0 Å². The fourth-order valence-electron chi connectivity index (χ4n) is 2.57. The van der Waals surface area contributed by atoms with Crippen molar-refractivity contribution in [2.24, 2.45) is 0 Å². The summed E-state index contributed by atoms with van der Waals surface area (Å²) >= 11 is 5.99. The molecule has 0 fully saturated rings. The Kier molecular flexibility index (Phi) is 6.04. The molecule has 5 nitrogen and oxygen atoms in total. The van der Waals surface area contributed by atoms with Gasteiger partial charge < -0.3 is 14.6 Å². The minimum Gasteiger partial charge on any atom is -0.451 e. The molecule has 132 valence electrons. The van der Waals surface area contributed by atoms with Gasteiger partial charge >= 0.3 is 0 Å². The van der Waals surface area contributed by atoms with Gasteiger partial charge in [0.25, 0.3) is 5.91 Å². The maximum atomic E-state index is 12.5. The predicted molar refractivity (Wildman–Crippen MR) is 99.9 cm³/mol. The van der Waals surface area contributed by atoms with E-state index in [0.717, 1.165) is 5.39 Å². The Morgan fingerprint density at radius 1 is 1.32 bits per heavy atom. The first kappa shape index (κ1) is 18.8. The molecule has 0 spiro atoms. The molecule has 1 aromatic carbocycles. The van der Waals surface area contributed by atoms with Crippen molar-refractivity contribution in [3.8, 4) is 0 Å². The Labute approximate surface area is 151 Å². The summed E-state index contributed by atoms with van der Waals surface area (Å²) in [5, 5.41) is 4.02. The molecule has 1 aromatic heterocycles. The highest BCUT2D eigenvalue weighted by Gasteiger charge is 2.24. The van der Waals surface area contributed by atoms with Crippen molar-refractivity contribution in [2.45, 2.75) is 19.9 Å². The number of carbonyl (C=O) groups is 2. The second kappa shape index (κ2) is 8.03. The molecule has 0 aliphatic rings. The van der Waals surface area contributed by atoms with Crippen LogP contribution in [0.5, 0.6) is 0 Å². The van der Waals surface area contributed by atoms with Gasteiger partial charge in [-0.3, -0.25) is 9.59 Å². The maximum Gasteiger partial charge on any atom is 0.287 e. The van der Waals surface area contributed by atoms with Crippen molar-refractivity contribution >= 4 is 34.4 Å². The van der Waals surface area contributed by atoms with E-state index in [2.05, 4.69) is 18.5 Å². The molecular formula is C19H21ClN2O3. The van der Waals surface area contributed by atoms with E-state index in [9.17, 15) is 9.59 Å². The number of halogens is 1. The van der Waals surface area contributed by atoms with E-state index in [1.165, 1.54) is 0 Å². The summed E-state index contributed by atoms with van der Waals surface area (Å²) in [7, 11) is 0. The van der Waals surface area contributed by atoms with E-state index in [4.69, 9.17) is 16.0 Å². The second-order valence-electron chi connectivity index (χ2n) is 5.71. The van der Waals surface area contributed by atoms with E-state index in [-0.39, 0.29) is 11.7 Å². The molecule has 1 atom stereocenters. The van der Waals surface area contributed by atoms with Crippen LogP contribution in [-0.4, -0.2) is 35.8 Å². The van der Waals surface area contributed by atoms with Crippen molar-refractivity contribution in [3.63, 3.8) is 0 Å². The van der Waals surface area contributed by atoms with Crippen LogP contribution < -0.4 is 5.32 Å². The third-order valence-electron chi connectivity index (χ3n) is 3.83. The van der Waals surface area contributed by atoms with Gasteiger partial charge in [-0.2, -0.15) is 0 Å². The zero-order valence-electron chi connectivity index (χ0n) is 14.3. The number of aryl methyl sites for hydroxylation is 1. The summed E-state index contributed by atoms with van der Waals surface area (Å²) in [6.45, 7) is 11.4. The number of carbonyl (C=O) groups excluding carboxylic acids is 2. The van der Waals surface area contributed by atoms with E-state index in [1.54, 1.807) is 49.1 Å². The third-order valence-corrected chi connectivity index (χ3v) is 4.07. The number of nitrogens with one attached hydrogen (secondary N) is 1. The van der Waals surface area contributed by atoms with Crippen molar-refractivity contribution < 1.29 is 14.0 Å². The minimum atomic E-state index is -0.705. The maximum absolute atomic E-state index is 12.5. The molecule has 1 unspecified atom stereocenters. The van der Waals surface area contributed by atoms with Gasteiger partial charge in [0.15, 0.2) is 5.76 Å². The van der Waals surface area contributed by atoms with Gasteiger partial charge in [0, 0.05) is 29.1 Å². The Hall–Kier alpha value is -2.53. The van der Waals surface area contributed by atoms with Gasteiger partial charge in [-0.1, -0.05) is 23.8 Å².